The summed E-state index contributed by atoms with van der Waals surface area (Å²) in [7, 11) is 0. The average Bonchev–Trinajstić information content (AvgIpc) is 3.94. The first-order chi connectivity index (χ1) is 36.2. The molecule has 0 radical (unpaired) electrons. The van der Waals surface area contributed by atoms with Crippen molar-refractivity contribution in [2.75, 3.05) is 4.90 Å². The van der Waals surface area contributed by atoms with Gasteiger partial charge in [-0.3, -0.25) is 0 Å². The van der Waals surface area contributed by atoms with Crippen molar-refractivity contribution >= 4 is 50.4 Å². The highest BCUT2D eigenvalue weighted by Crippen LogP contribution is 2.67. The van der Waals surface area contributed by atoms with Gasteiger partial charge < -0.3 is 9.64 Å². The predicted molar refractivity (Wildman–Crippen MR) is 300 cm³/mol. The average molecular weight is 946 g/mol. The number of hydrogen-bond acceptors (Lipinski definition) is 3. The molecule has 0 fully saturated rings. The second-order valence-corrected chi connectivity index (χ2v) is 20.9. The molecule has 3 heteroatoms. The van der Waals surface area contributed by atoms with E-state index in [0.29, 0.717) is 0 Å². The van der Waals surface area contributed by atoms with Crippen molar-refractivity contribution in [2.45, 2.75) is 20.6 Å². The van der Waals surface area contributed by atoms with Crippen LogP contribution in [0.25, 0.3) is 54.9 Å². The maximum absolute atomic E-state index is 6.78. The van der Waals surface area contributed by atoms with Crippen LogP contribution in [0.3, 0.4) is 0 Å². The molecule has 340 valence electrons. The lowest BCUT2D eigenvalue weighted by Crippen LogP contribution is -2.32. The van der Waals surface area contributed by atoms with Crippen molar-refractivity contribution in [3.8, 4) is 44.9 Å². The summed E-state index contributed by atoms with van der Waals surface area (Å²) < 4.78 is 6.78. The first kappa shape index (κ1) is 40.8. The van der Waals surface area contributed by atoms with Gasteiger partial charge >= 0.3 is 0 Å². The quantitative estimate of drug-likeness (QED) is 0.163. The van der Waals surface area contributed by atoms with Gasteiger partial charge in [0.25, 0.3) is 0 Å². The summed E-state index contributed by atoms with van der Waals surface area (Å²) in [4.78, 5) is 5.17. The van der Waals surface area contributed by atoms with Crippen LogP contribution in [0.15, 0.2) is 271 Å². The highest BCUT2D eigenvalue weighted by Gasteiger charge is 2.54. The van der Waals surface area contributed by atoms with Gasteiger partial charge in [-0.15, -0.1) is 0 Å². The van der Waals surface area contributed by atoms with E-state index in [2.05, 4.69) is 266 Å². The zero-order valence-electron chi connectivity index (χ0n) is 39.6. The molecule has 2 aliphatic heterocycles. The molecule has 2 nitrogen and oxygen atoms in total. The Kier molecular flexibility index (Phi) is 8.56. The highest BCUT2D eigenvalue weighted by atomic mass is 32.2. The third-order valence-corrected chi connectivity index (χ3v) is 17.5. The minimum absolute atomic E-state index is 0.526. The minimum atomic E-state index is -0.618. The normalized spacial score (nSPS) is 14.3. The van der Waals surface area contributed by atoms with Gasteiger partial charge in [0, 0.05) is 37.7 Å². The van der Waals surface area contributed by atoms with Crippen molar-refractivity contribution in [3.63, 3.8) is 0 Å². The largest absolute Gasteiger partial charge is 0.457 e. The molecule has 0 unspecified atom stereocenters. The van der Waals surface area contributed by atoms with Gasteiger partial charge in [-0.2, -0.15) is 0 Å². The van der Waals surface area contributed by atoms with Crippen LogP contribution in [0.5, 0.6) is 11.5 Å². The monoisotopic (exact) mass is 945 g/mol. The molecule has 0 amide bonds. The van der Waals surface area contributed by atoms with E-state index >= 15 is 0 Å². The maximum Gasteiger partial charge on any atom is 0.132 e. The van der Waals surface area contributed by atoms with Gasteiger partial charge in [-0.05, 0) is 132 Å². The summed E-state index contributed by atoms with van der Waals surface area (Å²) in [5, 5.41) is 5.05. The Balaban J connectivity index is 0.975. The molecule has 2 heterocycles. The third-order valence-electron chi connectivity index (χ3n) is 16.4. The number of benzene rings is 12. The van der Waals surface area contributed by atoms with Gasteiger partial charge in [0.05, 0.1) is 22.2 Å². The molecule has 4 aliphatic rings. The van der Waals surface area contributed by atoms with E-state index in [0.717, 1.165) is 39.7 Å². The topological polar surface area (TPSA) is 12.5 Å². The Hall–Kier alpha value is -8.89. The maximum atomic E-state index is 6.78. The number of fused-ring (bicyclic) bond motifs is 21. The van der Waals surface area contributed by atoms with Crippen LogP contribution in [-0.2, 0) is 10.8 Å². The van der Waals surface area contributed by atoms with Crippen LogP contribution in [-0.4, -0.2) is 0 Å². The summed E-state index contributed by atoms with van der Waals surface area (Å²) in [5.41, 5.74) is 19.6. The summed E-state index contributed by atoms with van der Waals surface area (Å²) in [6.45, 7) is 0. The molecule has 0 saturated carbocycles. The first-order valence-electron chi connectivity index (χ1n) is 25.2. The molecule has 0 saturated heterocycles. The van der Waals surface area contributed by atoms with Crippen LogP contribution in [0.1, 0.15) is 44.5 Å². The Bertz CT molecular complexity index is 4010. The van der Waals surface area contributed by atoms with Crippen molar-refractivity contribution < 1.29 is 4.74 Å². The second-order valence-electron chi connectivity index (χ2n) is 19.8. The van der Waals surface area contributed by atoms with E-state index in [-0.39, 0.29) is 0 Å². The first-order valence-corrected chi connectivity index (χ1v) is 26.1. The van der Waals surface area contributed by atoms with Crippen molar-refractivity contribution in [2.24, 2.45) is 0 Å². The highest BCUT2D eigenvalue weighted by molar-refractivity contribution is 7.99. The smallest absolute Gasteiger partial charge is 0.132 e. The number of para-hydroxylation sites is 2. The van der Waals surface area contributed by atoms with Crippen LogP contribution in [0, 0.1) is 0 Å². The van der Waals surface area contributed by atoms with E-state index in [1.165, 1.54) is 98.1 Å². The molecule has 0 N–H and O–H groups in total. The second kappa shape index (κ2) is 15.3. The summed E-state index contributed by atoms with van der Waals surface area (Å²) in [6, 6.07) is 97.2. The van der Waals surface area contributed by atoms with Gasteiger partial charge in [0.15, 0.2) is 0 Å². The van der Waals surface area contributed by atoms with Gasteiger partial charge in [0.2, 0.25) is 0 Å². The fourth-order valence-corrected chi connectivity index (χ4v) is 14.7. The Morgan fingerprint density at radius 2 is 0.767 bits per heavy atom. The minimum Gasteiger partial charge on any atom is -0.457 e. The van der Waals surface area contributed by atoms with Gasteiger partial charge in [0.1, 0.15) is 11.5 Å². The number of rotatable bonds is 4. The Morgan fingerprint density at radius 3 is 1.38 bits per heavy atom. The van der Waals surface area contributed by atoms with E-state index in [1.807, 2.05) is 11.8 Å². The van der Waals surface area contributed by atoms with Gasteiger partial charge in [-0.1, -0.05) is 218 Å². The molecule has 12 aromatic rings. The van der Waals surface area contributed by atoms with Crippen LogP contribution in [0.2, 0.25) is 0 Å². The number of ether oxygens (including phenoxy) is 1. The molecule has 0 bridgehead atoms. The van der Waals surface area contributed by atoms with Crippen LogP contribution in [0.4, 0.5) is 17.1 Å². The Morgan fingerprint density at radius 1 is 0.315 bits per heavy atom. The van der Waals surface area contributed by atoms with E-state index in [9.17, 15) is 0 Å². The van der Waals surface area contributed by atoms with E-state index in [1.54, 1.807) is 0 Å². The van der Waals surface area contributed by atoms with Gasteiger partial charge in [-0.25, -0.2) is 0 Å². The van der Waals surface area contributed by atoms with Crippen molar-refractivity contribution in [1.29, 1.82) is 0 Å². The van der Waals surface area contributed by atoms with Crippen molar-refractivity contribution in [3.05, 3.63) is 305 Å². The molecule has 0 atom stereocenters. The number of nitrogens with zero attached hydrogens (tertiary/aromatic N) is 1. The molecule has 2 aliphatic carbocycles. The number of anilines is 3. The molecule has 16 rings (SSSR count). The molecule has 73 heavy (non-hydrogen) atoms. The molecular weight excluding hydrogens is 903 g/mol. The standard InChI is InChI=1S/C70H43NOS/c1-2-18-49-45(17-1)35-36-47-43-46(39-42-50(47)49)44-37-40-48(41-38-44)71(61-29-15-27-59-67(61)51-19-3-5-21-53(51)69(59)55-23-7-11-31-63(55)72-64-32-12-8-24-56(64)69)62-30-16-28-60-68(62)52-20-4-6-22-54(52)70(60)57-25-9-13-33-65(57)73-66-34-14-10-26-58(66)70/h1-43H. The summed E-state index contributed by atoms with van der Waals surface area (Å²) in [6.07, 6.45) is 0. The lowest BCUT2D eigenvalue weighted by Gasteiger charge is -2.40. The van der Waals surface area contributed by atoms with Crippen molar-refractivity contribution in [1.82, 2.24) is 0 Å². The molecule has 12 aromatic carbocycles. The third kappa shape index (κ3) is 5.44. The predicted octanol–water partition coefficient (Wildman–Crippen LogP) is 18.4. The van der Waals surface area contributed by atoms with E-state index in [4.69, 9.17) is 4.74 Å². The molecule has 2 spiro atoms. The van der Waals surface area contributed by atoms with E-state index < -0.39 is 10.8 Å². The summed E-state index contributed by atoms with van der Waals surface area (Å²) in [5.74, 6) is 1.77. The summed E-state index contributed by atoms with van der Waals surface area (Å²) >= 11 is 1.89. The zero-order chi connectivity index (χ0) is 47.8. The molecular formula is C70H43NOS. The Labute approximate surface area is 428 Å². The fraction of sp³-hybridized carbons (Fsp3) is 0.0286. The SMILES string of the molecule is c1ccc2c(c1)Oc1ccccc1C21c2ccccc2-c2c(N(c3ccc(-c4ccc5c(ccc6ccccc65)c4)cc3)c3cccc4c3-c3ccccc3C43c4ccccc4Sc4ccccc43)cccc21. The lowest BCUT2D eigenvalue weighted by molar-refractivity contribution is 0.436. The zero-order valence-corrected chi connectivity index (χ0v) is 40.4. The molecule has 0 aromatic heterocycles. The number of hydrogen-bond donors (Lipinski definition) is 0. The fourth-order valence-electron chi connectivity index (χ4n) is 13.5. The lowest BCUT2D eigenvalue weighted by atomic mass is 9.66. The van der Waals surface area contributed by atoms with Crippen LogP contribution < -0.4 is 9.64 Å². The van der Waals surface area contributed by atoms with Crippen LogP contribution >= 0.6 is 11.8 Å².